The summed E-state index contributed by atoms with van der Waals surface area (Å²) in [5.41, 5.74) is -1.07. The third kappa shape index (κ3) is 3.19. The lowest BCUT2D eigenvalue weighted by Crippen LogP contribution is -2.34. The molecular weight excluding hydrogens is 234 g/mol. The Morgan fingerprint density at radius 3 is 2.78 bits per heavy atom. The summed E-state index contributed by atoms with van der Waals surface area (Å²) in [5, 5.41) is 8.79. The van der Waals surface area contributed by atoms with Crippen molar-refractivity contribution in [2.45, 2.75) is 31.7 Å². The molecule has 0 unspecified atom stereocenters. The molecule has 0 atom stereocenters. The zero-order valence-electron chi connectivity index (χ0n) is 10.5. The van der Waals surface area contributed by atoms with E-state index in [1.54, 1.807) is 0 Å². The first-order valence-corrected chi connectivity index (χ1v) is 6.30. The molecule has 18 heavy (non-hydrogen) atoms. The molecule has 0 aliphatic heterocycles. The minimum absolute atomic E-state index is 0.162. The number of rotatable bonds is 5. The van der Waals surface area contributed by atoms with E-state index in [0.29, 0.717) is 12.6 Å². The molecule has 0 radical (unpaired) electrons. The number of anilines is 1. The van der Waals surface area contributed by atoms with Gasteiger partial charge in [-0.3, -0.25) is 9.78 Å². The zero-order valence-corrected chi connectivity index (χ0v) is 10.5. The minimum Gasteiger partial charge on any atom is -0.363 e. The molecule has 1 saturated carbocycles. The lowest BCUT2D eigenvalue weighted by atomic mass is 10.2. The van der Waals surface area contributed by atoms with Gasteiger partial charge in [-0.15, -0.1) is 5.10 Å². The van der Waals surface area contributed by atoms with E-state index in [1.807, 2.05) is 0 Å². The summed E-state index contributed by atoms with van der Waals surface area (Å²) in [5.74, 6) is 0.162. The number of nitrogens with zero attached hydrogens (tertiary/aromatic N) is 2. The fourth-order valence-electron chi connectivity index (χ4n) is 2.35. The summed E-state index contributed by atoms with van der Waals surface area (Å²) in [6, 6.07) is 0.661. The third-order valence-electron chi connectivity index (χ3n) is 3.42. The van der Waals surface area contributed by atoms with E-state index in [1.165, 1.54) is 25.7 Å². The molecular formula is C11H19N5O2. The highest BCUT2D eigenvalue weighted by Crippen LogP contribution is 2.21. The third-order valence-corrected chi connectivity index (χ3v) is 3.42. The van der Waals surface area contributed by atoms with Crippen molar-refractivity contribution in [1.82, 2.24) is 20.1 Å². The van der Waals surface area contributed by atoms with Crippen LogP contribution in [0, 0.1) is 0 Å². The smallest absolute Gasteiger partial charge is 0.342 e. The van der Waals surface area contributed by atoms with Crippen LogP contribution in [0.25, 0.3) is 0 Å². The number of hydrogen-bond acceptors (Lipinski definition) is 5. The summed E-state index contributed by atoms with van der Waals surface area (Å²) in [6.45, 7) is 1.49. The molecule has 0 spiro atoms. The van der Waals surface area contributed by atoms with Crippen LogP contribution >= 0.6 is 0 Å². The van der Waals surface area contributed by atoms with Crippen molar-refractivity contribution in [1.29, 1.82) is 0 Å². The van der Waals surface area contributed by atoms with Crippen molar-refractivity contribution in [3.8, 4) is 0 Å². The van der Waals surface area contributed by atoms with Crippen LogP contribution in [0.15, 0.2) is 9.59 Å². The van der Waals surface area contributed by atoms with Gasteiger partial charge in [0.25, 0.3) is 5.56 Å². The molecule has 7 heteroatoms. The first-order valence-electron chi connectivity index (χ1n) is 6.30. The molecule has 1 aliphatic carbocycles. The Bertz CT molecular complexity index is 489. The van der Waals surface area contributed by atoms with Crippen molar-refractivity contribution in [2.24, 2.45) is 0 Å². The average Bonchev–Trinajstić information content (AvgIpc) is 2.85. The van der Waals surface area contributed by atoms with Crippen LogP contribution in [0.4, 0.5) is 5.82 Å². The summed E-state index contributed by atoms with van der Waals surface area (Å²) >= 11 is 0. The maximum Gasteiger partial charge on any atom is 0.342 e. The van der Waals surface area contributed by atoms with Gasteiger partial charge in [0, 0.05) is 19.1 Å². The van der Waals surface area contributed by atoms with E-state index >= 15 is 0 Å². The molecule has 1 aromatic heterocycles. The minimum atomic E-state index is -0.589. The number of aromatic amines is 2. The molecule has 0 amide bonds. The Labute approximate surface area is 105 Å². The summed E-state index contributed by atoms with van der Waals surface area (Å²) in [7, 11) is 2.10. The maximum absolute atomic E-state index is 11.4. The molecule has 0 bridgehead atoms. The van der Waals surface area contributed by atoms with E-state index < -0.39 is 11.2 Å². The SMILES string of the molecule is CN(CCNc1n[nH]c(=O)[nH]c1=O)C1CCCC1. The topological polar surface area (TPSA) is 93.9 Å². The normalized spacial score (nSPS) is 16.3. The van der Waals surface area contributed by atoms with E-state index in [2.05, 4.69) is 32.4 Å². The Morgan fingerprint density at radius 2 is 2.11 bits per heavy atom. The summed E-state index contributed by atoms with van der Waals surface area (Å²) in [4.78, 5) is 26.6. The molecule has 1 aromatic rings. The molecule has 0 saturated heterocycles. The van der Waals surface area contributed by atoms with Crippen LogP contribution in [-0.2, 0) is 0 Å². The molecule has 3 N–H and O–H groups in total. The Hall–Kier alpha value is -1.63. The standard InChI is InChI=1S/C11H19N5O2/c1-16(8-4-2-3-5-8)7-6-12-9-10(17)13-11(18)15-14-9/h8H,2-7H2,1H3,(H,12,14)(H2,13,15,17,18). The zero-order chi connectivity index (χ0) is 13.0. The quantitative estimate of drug-likeness (QED) is 0.672. The van der Waals surface area contributed by atoms with Gasteiger partial charge in [-0.2, -0.15) is 0 Å². The van der Waals surface area contributed by atoms with Gasteiger partial charge < -0.3 is 10.2 Å². The molecule has 1 fully saturated rings. The fourth-order valence-corrected chi connectivity index (χ4v) is 2.35. The van der Waals surface area contributed by atoms with Crippen molar-refractivity contribution >= 4 is 5.82 Å². The molecule has 1 heterocycles. The number of aromatic nitrogens is 3. The highest BCUT2D eigenvalue weighted by atomic mass is 16.2. The van der Waals surface area contributed by atoms with Crippen molar-refractivity contribution in [3.63, 3.8) is 0 Å². The predicted octanol–water partition coefficient (Wildman–Crippen LogP) is -0.255. The van der Waals surface area contributed by atoms with Crippen molar-refractivity contribution < 1.29 is 0 Å². The number of nitrogens with one attached hydrogen (secondary N) is 3. The number of likely N-dealkylation sites (N-methyl/N-ethyl adjacent to an activating group) is 1. The number of H-pyrrole nitrogens is 2. The summed E-state index contributed by atoms with van der Waals surface area (Å²) < 4.78 is 0. The molecule has 2 rings (SSSR count). The maximum atomic E-state index is 11.4. The molecule has 1 aliphatic rings. The van der Waals surface area contributed by atoms with E-state index in [-0.39, 0.29) is 5.82 Å². The lowest BCUT2D eigenvalue weighted by Gasteiger charge is -2.23. The van der Waals surface area contributed by atoms with Gasteiger partial charge in [0.05, 0.1) is 0 Å². The second kappa shape index (κ2) is 5.81. The van der Waals surface area contributed by atoms with Gasteiger partial charge in [-0.25, -0.2) is 9.89 Å². The first-order chi connectivity index (χ1) is 8.66. The highest BCUT2D eigenvalue weighted by molar-refractivity contribution is 5.28. The van der Waals surface area contributed by atoms with Gasteiger partial charge in [0.2, 0.25) is 5.82 Å². The van der Waals surface area contributed by atoms with Gasteiger partial charge in [-0.05, 0) is 19.9 Å². The largest absolute Gasteiger partial charge is 0.363 e. The predicted molar refractivity (Wildman–Crippen MR) is 68.9 cm³/mol. The van der Waals surface area contributed by atoms with E-state index in [9.17, 15) is 9.59 Å². The Morgan fingerprint density at radius 1 is 1.39 bits per heavy atom. The second-order valence-electron chi connectivity index (χ2n) is 4.70. The van der Waals surface area contributed by atoms with Crippen LogP contribution < -0.4 is 16.6 Å². The van der Waals surface area contributed by atoms with Gasteiger partial charge >= 0.3 is 5.69 Å². The van der Waals surface area contributed by atoms with E-state index in [4.69, 9.17) is 0 Å². The fraction of sp³-hybridized carbons (Fsp3) is 0.727. The van der Waals surface area contributed by atoms with Crippen molar-refractivity contribution in [3.05, 3.63) is 20.8 Å². The lowest BCUT2D eigenvalue weighted by molar-refractivity contribution is 0.254. The average molecular weight is 253 g/mol. The van der Waals surface area contributed by atoms with Crippen LogP contribution in [-0.4, -0.2) is 46.3 Å². The summed E-state index contributed by atoms with van der Waals surface area (Å²) in [6.07, 6.45) is 5.13. The van der Waals surface area contributed by atoms with E-state index in [0.717, 1.165) is 6.54 Å². The van der Waals surface area contributed by atoms with Crippen LogP contribution in [0.3, 0.4) is 0 Å². The van der Waals surface area contributed by atoms with Gasteiger partial charge in [-0.1, -0.05) is 12.8 Å². The first kappa shape index (κ1) is 12.8. The van der Waals surface area contributed by atoms with Gasteiger partial charge in [0.1, 0.15) is 0 Å². The Kier molecular flexibility index (Phi) is 4.14. The monoisotopic (exact) mass is 253 g/mol. The highest BCUT2D eigenvalue weighted by Gasteiger charge is 2.18. The van der Waals surface area contributed by atoms with Crippen molar-refractivity contribution in [2.75, 3.05) is 25.5 Å². The second-order valence-corrected chi connectivity index (χ2v) is 4.70. The molecule has 0 aromatic carbocycles. The van der Waals surface area contributed by atoms with Crippen LogP contribution in [0.2, 0.25) is 0 Å². The van der Waals surface area contributed by atoms with Gasteiger partial charge in [0.15, 0.2) is 0 Å². The molecule has 100 valence electrons. The van der Waals surface area contributed by atoms with Crippen LogP contribution in [0.5, 0.6) is 0 Å². The number of hydrogen-bond donors (Lipinski definition) is 3. The van der Waals surface area contributed by atoms with Crippen LogP contribution in [0.1, 0.15) is 25.7 Å². The molecule has 7 nitrogen and oxygen atoms in total. The Balaban J connectivity index is 1.81.